The van der Waals surface area contributed by atoms with E-state index in [4.69, 9.17) is 9.47 Å². The average molecular weight is 264 g/mol. The Morgan fingerprint density at radius 1 is 1.26 bits per heavy atom. The second-order valence-corrected chi connectivity index (χ2v) is 4.72. The molecular weight excluding hydrogens is 244 g/mol. The molecular formula is C14H20N2O3. The number of carbonyl (C=O) groups excluding carboxylic acids is 1. The van der Waals surface area contributed by atoms with Crippen molar-refractivity contribution < 1.29 is 14.3 Å². The molecule has 1 aliphatic heterocycles. The van der Waals surface area contributed by atoms with Crippen LogP contribution in [0.3, 0.4) is 0 Å². The molecule has 1 fully saturated rings. The quantitative estimate of drug-likeness (QED) is 0.911. The van der Waals surface area contributed by atoms with E-state index in [9.17, 15) is 4.79 Å². The molecule has 1 aromatic rings. The monoisotopic (exact) mass is 264 g/mol. The van der Waals surface area contributed by atoms with Crippen LogP contribution in [0.5, 0.6) is 5.75 Å². The number of nitrogens with zero attached hydrogens (tertiary/aromatic N) is 1. The smallest absolute Gasteiger partial charge is 0.321 e. The maximum Gasteiger partial charge on any atom is 0.321 e. The first-order valence-electron chi connectivity index (χ1n) is 6.55. The Morgan fingerprint density at radius 2 is 1.89 bits per heavy atom. The van der Waals surface area contributed by atoms with Gasteiger partial charge in [0.15, 0.2) is 0 Å². The van der Waals surface area contributed by atoms with E-state index in [1.807, 2.05) is 38.1 Å². The molecule has 2 amide bonds. The zero-order valence-electron chi connectivity index (χ0n) is 11.4. The van der Waals surface area contributed by atoms with Crippen molar-refractivity contribution in [1.29, 1.82) is 0 Å². The Bertz CT molecular complexity index is 411. The topological polar surface area (TPSA) is 50.8 Å². The van der Waals surface area contributed by atoms with Gasteiger partial charge in [0.1, 0.15) is 5.75 Å². The molecule has 1 N–H and O–H groups in total. The lowest BCUT2D eigenvalue weighted by Gasteiger charge is -2.26. The number of amides is 2. The Labute approximate surface area is 113 Å². The third kappa shape index (κ3) is 4.13. The second kappa shape index (κ2) is 6.43. The summed E-state index contributed by atoms with van der Waals surface area (Å²) in [6, 6.07) is 7.32. The lowest BCUT2D eigenvalue weighted by atomic mass is 10.3. The average Bonchev–Trinajstić information content (AvgIpc) is 2.41. The van der Waals surface area contributed by atoms with Crippen LogP contribution in [0.15, 0.2) is 24.3 Å². The summed E-state index contributed by atoms with van der Waals surface area (Å²) in [6.45, 7) is 6.45. The number of benzene rings is 1. The van der Waals surface area contributed by atoms with Crippen molar-refractivity contribution in [1.82, 2.24) is 4.90 Å². The van der Waals surface area contributed by atoms with Crippen molar-refractivity contribution in [2.45, 2.75) is 20.0 Å². The predicted molar refractivity (Wildman–Crippen MR) is 73.6 cm³/mol. The van der Waals surface area contributed by atoms with Crippen molar-refractivity contribution in [2.75, 3.05) is 31.6 Å². The molecule has 0 bridgehead atoms. The van der Waals surface area contributed by atoms with Gasteiger partial charge in [-0.15, -0.1) is 0 Å². The Kier molecular flexibility index (Phi) is 4.63. The van der Waals surface area contributed by atoms with E-state index < -0.39 is 0 Å². The normalized spacial score (nSPS) is 15.4. The van der Waals surface area contributed by atoms with Gasteiger partial charge in [-0.3, -0.25) is 0 Å². The summed E-state index contributed by atoms with van der Waals surface area (Å²) in [5.74, 6) is 0.805. The summed E-state index contributed by atoms with van der Waals surface area (Å²) >= 11 is 0. The maximum absolute atomic E-state index is 12.0. The molecule has 19 heavy (non-hydrogen) atoms. The standard InChI is InChI=1S/C14H20N2O3/c1-11(2)19-13-5-3-12(4-6-13)15-14(17)16-7-9-18-10-8-16/h3-6,11H,7-10H2,1-2H3,(H,15,17). The highest BCUT2D eigenvalue weighted by Gasteiger charge is 2.16. The predicted octanol–water partition coefficient (Wildman–Crippen LogP) is 2.34. The maximum atomic E-state index is 12.0. The molecule has 1 saturated heterocycles. The third-order valence-corrected chi connectivity index (χ3v) is 2.78. The minimum absolute atomic E-state index is 0.0826. The molecule has 0 aliphatic carbocycles. The van der Waals surface area contributed by atoms with E-state index >= 15 is 0 Å². The van der Waals surface area contributed by atoms with E-state index in [-0.39, 0.29) is 12.1 Å². The molecule has 0 spiro atoms. The molecule has 1 heterocycles. The largest absolute Gasteiger partial charge is 0.491 e. The summed E-state index contributed by atoms with van der Waals surface area (Å²) in [4.78, 5) is 13.7. The van der Waals surface area contributed by atoms with E-state index in [1.165, 1.54) is 0 Å². The van der Waals surface area contributed by atoms with Crippen LogP contribution in [0.25, 0.3) is 0 Å². The summed E-state index contributed by atoms with van der Waals surface area (Å²) in [5, 5.41) is 2.87. The number of rotatable bonds is 3. The number of nitrogens with one attached hydrogen (secondary N) is 1. The third-order valence-electron chi connectivity index (χ3n) is 2.78. The minimum Gasteiger partial charge on any atom is -0.491 e. The fourth-order valence-electron chi connectivity index (χ4n) is 1.86. The van der Waals surface area contributed by atoms with Gasteiger partial charge in [0.05, 0.1) is 19.3 Å². The van der Waals surface area contributed by atoms with Crippen molar-refractivity contribution >= 4 is 11.7 Å². The molecule has 0 radical (unpaired) electrons. The van der Waals surface area contributed by atoms with Crippen LogP contribution in [0.2, 0.25) is 0 Å². The lowest BCUT2D eigenvalue weighted by Crippen LogP contribution is -2.43. The van der Waals surface area contributed by atoms with Crippen molar-refractivity contribution in [3.8, 4) is 5.75 Å². The van der Waals surface area contributed by atoms with E-state index in [1.54, 1.807) is 4.90 Å². The second-order valence-electron chi connectivity index (χ2n) is 4.72. The molecule has 0 saturated carbocycles. The molecule has 0 unspecified atom stereocenters. The molecule has 5 heteroatoms. The summed E-state index contributed by atoms with van der Waals surface area (Å²) in [5.41, 5.74) is 0.771. The van der Waals surface area contributed by atoms with Gasteiger partial charge in [-0.05, 0) is 38.1 Å². The van der Waals surface area contributed by atoms with E-state index in [0.29, 0.717) is 26.3 Å². The fraction of sp³-hybridized carbons (Fsp3) is 0.500. The fourth-order valence-corrected chi connectivity index (χ4v) is 1.86. The van der Waals surface area contributed by atoms with Crippen molar-refractivity contribution in [3.63, 3.8) is 0 Å². The van der Waals surface area contributed by atoms with Crippen LogP contribution in [-0.2, 0) is 4.74 Å². The van der Waals surface area contributed by atoms with Crippen LogP contribution in [-0.4, -0.2) is 43.3 Å². The van der Waals surface area contributed by atoms with Crippen LogP contribution in [0.1, 0.15) is 13.8 Å². The molecule has 1 aliphatic rings. The highest BCUT2D eigenvalue weighted by Crippen LogP contribution is 2.17. The number of urea groups is 1. The van der Waals surface area contributed by atoms with Gasteiger partial charge in [-0.25, -0.2) is 4.79 Å². The number of morpholine rings is 1. The van der Waals surface area contributed by atoms with Gasteiger partial charge in [-0.2, -0.15) is 0 Å². The van der Waals surface area contributed by atoms with Gasteiger partial charge < -0.3 is 19.7 Å². The molecule has 2 rings (SSSR count). The minimum atomic E-state index is -0.0826. The SMILES string of the molecule is CC(C)Oc1ccc(NC(=O)N2CCOCC2)cc1. The Balaban J connectivity index is 1.89. The lowest BCUT2D eigenvalue weighted by molar-refractivity contribution is 0.0564. The highest BCUT2D eigenvalue weighted by molar-refractivity contribution is 5.89. The van der Waals surface area contributed by atoms with Gasteiger partial charge in [-0.1, -0.05) is 0 Å². The van der Waals surface area contributed by atoms with E-state index in [0.717, 1.165) is 11.4 Å². The van der Waals surface area contributed by atoms with Gasteiger partial charge in [0.2, 0.25) is 0 Å². The van der Waals surface area contributed by atoms with Gasteiger partial charge in [0, 0.05) is 18.8 Å². The highest BCUT2D eigenvalue weighted by atomic mass is 16.5. The summed E-state index contributed by atoms with van der Waals surface area (Å²) in [6.07, 6.45) is 0.147. The molecule has 0 aromatic heterocycles. The number of ether oxygens (including phenoxy) is 2. The number of anilines is 1. The molecule has 1 aromatic carbocycles. The van der Waals surface area contributed by atoms with Crippen molar-refractivity contribution in [2.24, 2.45) is 0 Å². The van der Waals surface area contributed by atoms with Crippen LogP contribution in [0, 0.1) is 0 Å². The molecule has 104 valence electrons. The zero-order valence-corrected chi connectivity index (χ0v) is 11.4. The molecule has 5 nitrogen and oxygen atoms in total. The first-order valence-corrected chi connectivity index (χ1v) is 6.55. The Hall–Kier alpha value is -1.75. The summed E-state index contributed by atoms with van der Waals surface area (Å²) < 4.78 is 10.8. The van der Waals surface area contributed by atoms with Crippen LogP contribution >= 0.6 is 0 Å². The van der Waals surface area contributed by atoms with Crippen LogP contribution < -0.4 is 10.1 Å². The summed E-state index contributed by atoms with van der Waals surface area (Å²) in [7, 11) is 0. The molecule has 0 atom stereocenters. The first-order chi connectivity index (χ1) is 9.15. The number of carbonyl (C=O) groups is 1. The van der Waals surface area contributed by atoms with Crippen LogP contribution in [0.4, 0.5) is 10.5 Å². The van der Waals surface area contributed by atoms with Crippen molar-refractivity contribution in [3.05, 3.63) is 24.3 Å². The zero-order chi connectivity index (χ0) is 13.7. The number of hydrogen-bond acceptors (Lipinski definition) is 3. The van der Waals surface area contributed by atoms with E-state index in [2.05, 4.69) is 5.32 Å². The number of hydrogen-bond donors (Lipinski definition) is 1. The van der Waals surface area contributed by atoms with Gasteiger partial charge in [0.25, 0.3) is 0 Å². The van der Waals surface area contributed by atoms with Gasteiger partial charge >= 0.3 is 6.03 Å². The first kappa shape index (κ1) is 13.7. The Morgan fingerprint density at radius 3 is 2.47 bits per heavy atom.